The molecular weight excluding hydrogens is 236 g/mol. The minimum absolute atomic E-state index is 0.0389. The summed E-state index contributed by atoms with van der Waals surface area (Å²) in [4.78, 5) is 12.3. The van der Waals surface area contributed by atoms with Gasteiger partial charge in [0, 0.05) is 17.6 Å². The number of hydrogen-bond donors (Lipinski definition) is 2. The van der Waals surface area contributed by atoms with E-state index in [1.807, 2.05) is 6.07 Å². The Hall–Kier alpha value is -1.35. The summed E-state index contributed by atoms with van der Waals surface area (Å²) >= 11 is 0. The van der Waals surface area contributed by atoms with Gasteiger partial charge in [0.25, 0.3) is 5.91 Å². The van der Waals surface area contributed by atoms with Crippen molar-refractivity contribution in [2.24, 2.45) is 5.73 Å². The lowest BCUT2D eigenvalue weighted by Crippen LogP contribution is -2.49. The van der Waals surface area contributed by atoms with Crippen LogP contribution in [0.4, 0.5) is 0 Å². The number of fused-ring (bicyclic) bond motifs is 1. The number of benzene rings is 1. The van der Waals surface area contributed by atoms with E-state index >= 15 is 0 Å². The number of rotatable bonds is 2. The van der Waals surface area contributed by atoms with Crippen LogP contribution in [0.5, 0.6) is 0 Å². The zero-order chi connectivity index (χ0) is 13.2. The zero-order valence-corrected chi connectivity index (χ0v) is 11.3. The van der Waals surface area contributed by atoms with Crippen LogP contribution in [0.3, 0.4) is 0 Å². The van der Waals surface area contributed by atoms with Crippen LogP contribution in [-0.2, 0) is 12.8 Å². The van der Waals surface area contributed by atoms with E-state index in [-0.39, 0.29) is 18.0 Å². The number of nitrogens with two attached hydrogens (primary N) is 1. The van der Waals surface area contributed by atoms with Gasteiger partial charge in [-0.3, -0.25) is 4.79 Å². The third-order valence-electron chi connectivity index (χ3n) is 4.50. The maximum absolute atomic E-state index is 12.3. The minimum atomic E-state index is 0.0389. The number of amides is 1. The predicted molar refractivity (Wildman–Crippen MR) is 76.2 cm³/mol. The summed E-state index contributed by atoms with van der Waals surface area (Å²) in [6, 6.07) is 6.39. The first-order chi connectivity index (χ1) is 9.24. The van der Waals surface area contributed by atoms with Crippen LogP contribution in [0.2, 0.25) is 0 Å². The maximum Gasteiger partial charge on any atom is 0.251 e. The van der Waals surface area contributed by atoms with E-state index < -0.39 is 0 Å². The van der Waals surface area contributed by atoms with Gasteiger partial charge in [-0.15, -0.1) is 0 Å². The van der Waals surface area contributed by atoms with E-state index in [9.17, 15) is 4.79 Å². The summed E-state index contributed by atoms with van der Waals surface area (Å²) in [5.74, 6) is 0.0389. The lowest BCUT2D eigenvalue weighted by atomic mass is 9.91. The Balaban J connectivity index is 1.70. The molecule has 2 aliphatic carbocycles. The molecule has 3 nitrogen and oxygen atoms in total. The summed E-state index contributed by atoms with van der Waals surface area (Å²) in [6.07, 6.45) is 7.88. The SMILES string of the molecule is N[C@@H]1CCCC[C@H]1NC(=O)c1ccc2c(c1)CCC2. The number of carbonyl (C=O) groups excluding carboxylic acids is 1. The third-order valence-corrected chi connectivity index (χ3v) is 4.50. The van der Waals surface area contributed by atoms with E-state index in [1.165, 1.54) is 30.4 Å². The zero-order valence-electron chi connectivity index (χ0n) is 11.3. The van der Waals surface area contributed by atoms with Gasteiger partial charge >= 0.3 is 0 Å². The standard InChI is InChI=1S/C16H22N2O/c17-14-6-1-2-7-15(14)18-16(19)13-9-8-11-4-3-5-12(11)10-13/h8-10,14-15H,1-7,17H2,(H,18,19)/t14-,15-/m1/s1. The number of hydrogen-bond acceptors (Lipinski definition) is 2. The second-order valence-corrected chi connectivity index (χ2v) is 5.87. The first kappa shape index (κ1) is 12.7. The molecule has 2 aliphatic rings. The lowest BCUT2D eigenvalue weighted by Gasteiger charge is -2.29. The molecule has 2 atom stereocenters. The monoisotopic (exact) mass is 258 g/mol. The van der Waals surface area contributed by atoms with Crippen molar-refractivity contribution < 1.29 is 4.79 Å². The van der Waals surface area contributed by atoms with Gasteiger partial charge in [0.2, 0.25) is 0 Å². The molecule has 3 rings (SSSR count). The quantitative estimate of drug-likeness (QED) is 0.854. The molecule has 0 aromatic heterocycles. The molecule has 19 heavy (non-hydrogen) atoms. The van der Waals surface area contributed by atoms with Crippen LogP contribution in [0, 0.1) is 0 Å². The van der Waals surface area contributed by atoms with E-state index in [4.69, 9.17) is 5.73 Å². The molecule has 0 spiro atoms. The molecular formula is C16H22N2O. The molecule has 0 aliphatic heterocycles. The maximum atomic E-state index is 12.3. The van der Waals surface area contributed by atoms with Gasteiger partial charge in [-0.1, -0.05) is 18.9 Å². The van der Waals surface area contributed by atoms with Gasteiger partial charge in [-0.25, -0.2) is 0 Å². The summed E-state index contributed by atoms with van der Waals surface area (Å²) in [5, 5.41) is 3.11. The van der Waals surface area contributed by atoms with Gasteiger partial charge in [-0.05, 0) is 55.4 Å². The van der Waals surface area contributed by atoms with Crippen LogP contribution in [0.15, 0.2) is 18.2 Å². The largest absolute Gasteiger partial charge is 0.348 e. The average molecular weight is 258 g/mol. The Morgan fingerprint density at radius 2 is 1.89 bits per heavy atom. The third kappa shape index (κ3) is 2.66. The Bertz CT molecular complexity index is 484. The van der Waals surface area contributed by atoms with Crippen LogP contribution < -0.4 is 11.1 Å². The predicted octanol–water partition coefficient (Wildman–Crippen LogP) is 2.17. The van der Waals surface area contributed by atoms with E-state index in [2.05, 4.69) is 17.4 Å². The molecule has 1 aromatic rings. The van der Waals surface area contributed by atoms with Crippen molar-refractivity contribution in [2.75, 3.05) is 0 Å². The van der Waals surface area contributed by atoms with Gasteiger partial charge in [0.05, 0.1) is 0 Å². The van der Waals surface area contributed by atoms with Crippen LogP contribution in [0.25, 0.3) is 0 Å². The summed E-state index contributed by atoms with van der Waals surface area (Å²) in [5.41, 5.74) is 9.63. The van der Waals surface area contributed by atoms with Crippen molar-refractivity contribution in [1.82, 2.24) is 5.32 Å². The molecule has 0 heterocycles. The van der Waals surface area contributed by atoms with Gasteiger partial charge in [-0.2, -0.15) is 0 Å². The summed E-state index contributed by atoms with van der Waals surface area (Å²) in [7, 11) is 0. The Kier molecular flexibility index (Phi) is 3.56. The second kappa shape index (κ2) is 5.33. The highest BCUT2D eigenvalue weighted by atomic mass is 16.1. The van der Waals surface area contributed by atoms with Crippen molar-refractivity contribution >= 4 is 5.91 Å². The first-order valence-electron chi connectivity index (χ1n) is 7.42. The highest BCUT2D eigenvalue weighted by molar-refractivity contribution is 5.94. The fourth-order valence-corrected chi connectivity index (χ4v) is 3.30. The van der Waals surface area contributed by atoms with E-state index in [0.29, 0.717) is 0 Å². The molecule has 0 radical (unpaired) electrons. The summed E-state index contributed by atoms with van der Waals surface area (Å²) < 4.78 is 0. The molecule has 0 bridgehead atoms. The number of nitrogens with one attached hydrogen (secondary N) is 1. The van der Waals surface area contributed by atoms with Crippen molar-refractivity contribution in [3.63, 3.8) is 0 Å². The molecule has 3 heteroatoms. The summed E-state index contributed by atoms with van der Waals surface area (Å²) in [6.45, 7) is 0. The molecule has 102 valence electrons. The second-order valence-electron chi connectivity index (χ2n) is 5.87. The van der Waals surface area contributed by atoms with Crippen LogP contribution in [-0.4, -0.2) is 18.0 Å². The molecule has 1 saturated carbocycles. The van der Waals surface area contributed by atoms with Crippen molar-refractivity contribution in [2.45, 2.75) is 57.0 Å². The van der Waals surface area contributed by atoms with E-state index in [1.54, 1.807) is 0 Å². The molecule has 3 N–H and O–H groups in total. The van der Waals surface area contributed by atoms with Gasteiger partial charge in [0.1, 0.15) is 0 Å². The fourth-order valence-electron chi connectivity index (χ4n) is 3.30. The topological polar surface area (TPSA) is 55.1 Å². The highest BCUT2D eigenvalue weighted by Crippen LogP contribution is 2.23. The van der Waals surface area contributed by atoms with Gasteiger partial charge < -0.3 is 11.1 Å². The highest BCUT2D eigenvalue weighted by Gasteiger charge is 2.24. The smallest absolute Gasteiger partial charge is 0.251 e. The molecule has 0 saturated heterocycles. The molecule has 1 amide bonds. The molecule has 1 aromatic carbocycles. The van der Waals surface area contributed by atoms with E-state index in [0.717, 1.165) is 31.2 Å². The first-order valence-corrected chi connectivity index (χ1v) is 7.42. The fraction of sp³-hybridized carbons (Fsp3) is 0.562. The minimum Gasteiger partial charge on any atom is -0.348 e. The average Bonchev–Trinajstić information content (AvgIpc) is 2.88. The van der Waals surface area contributed by atoms with Crippen molar-refractivity contribution in [3.05, 3.63) is 34.9 Å². The van der Waals surface area contributed by atoms with Crippen LogP contribution >= 0.6 is 0 Å². The van der Waals surface area contributed by atoms with Crippen molar-refractivity contribution in [3.8, 4) is 0 Å². The lowest BCUT2D eigenvalue weighted by molar-refractivity contribution is 0.0921. The van der Waals surface area contributed by atoms with Gasteiger partial charge in [0.15, 0.2) is 0 Å². The Labute approximate surface area is 114 Å². The molecule has 0 unspecified atom stereocenters. The Morgan fingerprint density at radius 3 is 2.74 bits per heavy atom. The van der Waals surface area contributed by atoms with Crippen molar-refractivity contribution in [1.29, 1.82) is 0 Å². The molecule has 1 fully saturated rings. The number of carbonyl (C=O) groups is 1. The number of aryl methyl sites for hydroxylation is 2. The Morgan fingerprint density at radius 1 is 1.11 bits per heavy atom. The van der Waals surface area contributed by atoms with Crippen LogP contribution in [0.1, 0.15) is 53.6 Å². The normalized spacial score (nSPS) is 25.9.